The van der Waals surface area contributed by atoms with Gasteiger partial charge in [-0.2, -0.15) is 0 Å². The molecule has 0 bridgehead atoms. The van der Waals surface area contributed by atoms with E-state index in [-0.39, 0.29) is 0 Å². The van der Waals surface area contributed by atoms with Gasteiger partial charge in [0.2, 0.25) is 0 Å². The Balaban J connectivity index is 2.23. The van der Waals surface area contributed by atoms with Crippen molar-refractivity contribution in [3.63, 3.8) is 0 Å². The topological polar surface area (TPSA) is 0 Å². The lowest BCUT2D eigenvalue weighted by Crippen LogP contribution is -2.07. The number of hydrogen-bond acceptors (Lipinski definition) is 1. The van der Waals surface area contributed by atoms with Gasteiger partial charge in [-0.1, -0.05) is 19.4 Å². The highest BCUT2D eigenvalue weighted by molar-refractivity contribution is 8.03. The molecule has 2 heteroatoms. The molecule has 0 nitrogen and oxygen atoms in total. The van der Waals surface area contributed by atoms with E-state index in [2.05, 4.69) is 13.0 Å². The quantitative estimate of drug-likeness (QED) is 0.647. The van der Waals surface area contributed by atoms with E-state index < -0.39 is 6.17 Å². The fourth-order valence-corrected chi connectivity index (χ4v) is 2.56. The Kier molecular flexibility index (Phi) is 4.13. The molecule has 1 aliphatic rings. The molecule has 1 heterocycles. The Morgan fingerprint density at radius 2 is 2.50 bits per heavy atom. The van der Waals surface area contributed by atoms with Crippen LogP contribution in [0, 0.1) is 5.92 Å². The first kappa shape index (κ1) is 10.1. The molecule has 12 heavy (non-hydrogen) atoms. The van der Waals surface area contributed by atoms with Crippen LogP contribution in [0.1, 0.15) is 33.1 Å². The van der Waals surface area contributed by atoms with Crippen molar-refractivity contribution in [1.29, 1.82) is 0 Å². The second kappa shape index (κ2) is 4.90. The van der Waals surface area contributed by atoms with Gasteiger partial charge < -0.3 is 0 Å². The number of rotatable bonds is 4. The number of alkyl halides is 1. The molecule has 0 aliphatic carbocycles. The monoisotopic (exact) mass is 188 g/mol. The molecule has 0 spiro atoms. The molecule has 0 aromatic carbocycles. The van der Waals surface area contributed by atoms with Crippen LogP contribution in [0.5, 0.6) is 0 Å². The SMILES string of the molecule is CCCC(F)CC1C=C(C)SC1. The molecular weight excluding hydrogens is 171 g/mol. The zero-order chi connectivity index (χ0) is 8.97. The van der Waals surface area contributed by atoms with Crippen molar-refractivity contribution < 1.29 is 4.39 Å². The van der Waals surface area contributed by atoms with E-state index in [1.165, 1.54) is 4.91 Å². The van der Waals surface area contributed by atoms with Crippen LogP contribution in [0.15, 0.2) is 11.0 Å². The van der Waals surface area contributed by atoms with Crippen LogP contribution in [-0.2, 0) is 0 Å². The highest BCUT2D eigenvalue weighted by Crippen LogP contribution is 2.32. The molecule has 0 radical (unpaired) electrons. The van der Waals surface area contributed by atoms with Crippen LogP contribution in [-0.4, -0.2) is 11.9 Å². The van der Waals surface area contributed by atoms with Crippen LogP contribution >= 0.6 is 11.8 Å². The fraction of sp³-hybridized carbons (Fsp3) is 0.800. The van der Waals surface area contributed by atoms with Gasteiger partial charge in [-0.15, -0.1) is 11.8 Å². The van der Waals surface area contributed by atoms with Crippen molar-refractivity contribution in [2.75, 3.05) is 5.75 Å². The maximum absolute atomic E-state index is 13.1. The van der Waals surface area contributed by atoms with Crippen LogP contribution in [0.25, 0.3) is 0 Å². The van der Waals surface area contributed by atoms with Crippen molar-refractivity contribution in [3.05, 3.63) is 11.0 Å². The lowest BCUT2D eigenvalue weighted by molar-refractivity contribution is 0.275. The minimum Gasteiger partial charge on any atom is -0.247 e. The lowest BCUT2D eigenvalue weighted by atomic mass is 10.0. The summed E-state index contributed by atoms with van der Waals surface area (Å²) in [5, 5.41) is 0. The minimum atomic E-state index is -0.581. The standard InChI is InChI=1S/C10H17FS/c1-3-4-10(11)6-9-5-8(2)12-7-9/h5,9-10H,3-4,6-7H2,1-2H3. The van der Waals surface area contributed by atoms with Gasteiger partial charge in [-0.3, -0.25) is 0 Å². The Labute approximate surface area is 78.6 Å². The van der Waals surface area contributed by atoms with Gasteiger partial charge in [0.25, 0.3) is 0 Å². The number of hydrogen-bond donors (Lipinski definition) is 0. The van der Waals surface area contributed by atoms with Crippen molar-refractivity contribution in [2.24, 2.45) is 5.92 Å². The van der Waals surface area contributed by atoms with Gasteiger partial charge >= 0.3 is 0 Å². The summed E-state index contributed by atoms with van der Waals surface area (Å²) in [6.07, 6.45) is 4.06. The molecule has 1 rings (SSSR count). The van der Waals surface area contributed by atoms with Gasteiger partial charge in [0.05, 0.1) is 0 Å². The van der Waals surface area contributed by atoms with Crippen molar-refractivity contribution in [1.82, 2.24) is 0 Å². The molecule has 70 valence electrons. The Bertz CT molecular complexity index is 165. The number of halogens is 1. The Morgan fingerprint density at radius 1 is 1.75 bits per heavy atom. The van der Waals surface area contributed by atoms with Gasteiger partial charge in [-0.05, 0) is 30.6 Å². The Hall–Kier alpha value is 0.0200. The average Bonchev–Trinajstić information content (AvgIpc) is 2.36. The Morgan fingerprint density at radius 3 is 3.00 bits per heavy atom. The predicted octanol–water partition coefficient (Wildman–Crippen LogP) is 3.78. The zero-order valence-corrected chi connectivity index (χ0v) is 8.66. The summed E-state index contributed by atoms with van der Waals surface area (Å²) >= 11 is 1.86. The summed E-state index contributed by atoms with van der Waals surface area (Å²) in [6, 6.07) is 0. The van der Waals surface area contributed by atoms with Crippen LogP contribution in [0.3, 0.4) is 0 Å². The van der Waals surface area contributed by atoms with E-state index in [9.17, 15) is 4.39 Å². The molecule has 2 unspecified atom stereocenters. The van der Waals surface area contributed by atoms with Crippen molar-refractivity contribution >= 4 is 11.8 Å². The van der Waals surface area contributed by atoms with Crippen LogP contribution in [0.4, 0.5) is 4.39 Å². The van der Waals surface area contributed by atoms with E-state index in [0.29, 0.717) is 5.92 Å². The highest BCUT2D eigenvalue weighted by atomic mass is 32.2. The van der Waals surface area contributed by atoms with Gasteiger partial charge in [0, 0.05) is 5.75 Å². The average molecular weight is 188 g/mol. The van der Waals surface area contributed by atoms with Crippen molar-refractivity contribution in [3.8, 4) is 0 Å². The summed E-state index contributed by atoms with van der Waals surface area (Å²) in [5.74, 6) is 1.59. The van der Waals surface area contributed by atoms with E-state index in [1.807, 2.05) is 18.7 Å². The molecule has 0 aromatic heterocycles. The summed E-state index contributed by atoms with van der Waals surface area (Å²) in [5.41, 5.74) is 0. The first-order valence-corrected chi connectivity index (χ1v) is 5.66. The molecule has 0 aromatic rings. The van der Waals surface area contributed by atoms with Gasteiger partial charge in [0.15, 0.2) is 0 Å². The normalized spacial score (nSPS) is 25.6. The smallest absolute Gasteiger partial charge is 0.101 e. The molecule has 0 saturated heterocycles. The molecular formula is C10H17FS. The van der Waals surface area contributed by atoms with Gasteiger partial charge in [-0.25, -0.2) is 4.39 Å². The predicted molar refractivity (Wildman–Crippen MR) is 54.1 cm³/mol. The van der Waals surface area contributed by atoms with Crippen LogP contribution < -0.4 is 0 Å². The summed E-state index contributed by atoms with van der Waals surface area (Å²) in [6.45, 7) is 4.15. The maximum Gasteiger partial charge on any atom is 0.101 e. The first-order valence-electron chi connectivity index (χ1n) is 4.67. The third-order valence-corrected chi connectivity index (χ3v) is 3.34. The van der Waals surface area contributed by atoms with Crippen molar-refractivity contribution in [2.45, 2.75) is 39.3 Å². The number of allylic oxidation sites excluding steroid dienone is 2. The lowest BCUT2D eigenvalue weighted by Gasteiger charge is -2.10. The second-order valence-electron chi connectivity index (χ2n) is 3.47. The molecule has 0 saturated carbocycles. The molecule has 0 N–H and O–H groups in total. The van der Waals surface area contributed by atoms with E-state index in [4.69, 9.17) is 0 Å². The largest absolute Gasteiger partial charge is 0.247 e. The van der Waals surface area contributed by atoms with E-state index in [0.717, 1.165) is 25.0 Å². The van der Waals surface area contributed by atoms with Crippen LogP contribution in [0.2, 0.25) is 0 Å². The molecule has 0 fully saturated rings. The molecule has 1 aliphatic heterocycles. The fourth-order valence-electron chi connectivity index (χ4n) is 1.56. The zero-order valence-electron chi connectivity index (χ0n) is 7.85. The van der Waals surface area contributed by atoms with Gasteiger partial charge in [0.1, 0.15) is 6.17 Å². The third-order valence-electron chi connectivity index (χ3n) is 2.16. The highest BCUT2D eigenvalue weighted by Gasteiger charge is 2.17. The molecule has 0 amide bonds. The van der Waals surface area contributed by atoms with E-state index >= 15 is 0 Å². The maximum atomic E-state index is 13.1. The van der Waals surface area contributed by atoms with E-state index in [1.54, 1.807) is 0 Å². The first-order chi connectivity index (χ1) is 5.72. The molecule has 2 atom stereocenters. The summed E-state index contributed by atoms with van der Waals surface area (Å²) < 4.78 is 13.1. The second-order valence-corrected chi connectivity index (χ2v) is 4.74. The summed E-state index contributed by atoms with van der Waals surface area (Å²) in [7, 11) is 0. The third kappa shape index (κ3) is 3.18. The summed E-state index contributed by atoms with van der Waals surface area (Å²) in [4.78, 5) is 1.36. The number of thioether (sulfide) groups is 1. The minimum absolute atomic E-state index is 0.497.